The van der Waals surface area contributed by atoms with Crippen LogP contribution >= 0.6 is 0 Å². The summed E-state index contributed by atoms with van der Waals surface area (Å²) < 4.78 is 44.0. The molecule has 0 atom stereocenters. The first-order chi connectivity index (χ1) is 13.9. The van der Waals surface area contributed by atoms with Gasteiger partial charge in [-0.2, -0.15) is 9.49 Å². The van der Waals surface area contributed by atoms with Gasteiger partial charge < -0.3 is 4.90 Å². The molecule has 0 radical (unpaired) electrons. The van der Waals surface area contributed by atoms with Crippen LogP contribution in [0.1, 0.15) is 24.0 Å². The van der Waals surface area contributed by atoms with E-state index in [0.29, 0.717) is 36.2 Å². The Kier molecular flexibility index (Phi) is 4.73. The number of aryl methyl sites for hydroxylation is 2. The standard InChI is InChI=1S/C20H17F3N4O2/c1-25-11-13(10-24-25)14-8-12-4-3-7-26(18(12)9-15(14)20(22)23)16-5-2-6-17(19(16)21)27(28)29/h2,5-6,8-11,20H,3-4,7H2,1H3. The number of aromatic nitrogens is 2. The first kappa shape index (κ1) is 19.0. The number of rotatable bonds is 4. The fourth-order valence-corrected chi connectivity index (χ4v) is 3.75. The first-order valence-electron chi connectivity index (χ1n) is 9.01. The van der Waals surface area contributed by atoms with E-state index in [1.165, 1.54) is 29.1 Å². The van der Waals surface area contributed by atoms with Gasteiger partial charge in [0.1, 0.15) is 0 Å². The van der Waals surface area contributed by atoms with Gasteiger partial charge >= 0.3 is 5.69 Å². The minimum atomic E-state index is -2.74. The highest BCUT2D eigenvalue weighted by molar-refractivity contribution is 5.77. The molecular formula is C20H17F3N4O2. The number of hydrogen-bond donors (Lipinski definition) is 0. The molecule has 0 unspecified atom stereocenters. The summed E-state index contributed by atoms with van der Waals surface area (Å²) in [4.78, 5) is 11.8. The van der Waals surface area contributed by atoms with Gasteiger partial charge in [-0.15, -0.1) is 0 Å². The molecule has 1 aliphatic rings. The number of hydrogen-bond acceptors (Lipinski definition) is 4. The summed E-state index contributed by atoms with van der Waals surface area (Å²) in [7, 11) is 1.71. The molecule has 29 heavy (non-hydrogen) atoms. The third kappa shape index (κ3) is 3.32. The molecule has 0 saturated heterocycles. The normalized spacial score (nSPS) is 13.6. The van der Waals surface area contributed by atoms with Gasteiger partial charge in [-0.25, -0.2) is 8.78 Å². The van der Waals surface area contributed by atoms with Crippen molar-refractivity contribution in [1.29, 1.82) is 0 Å². The molecule has 6 nitrogen and oxygen atoms in total. The Bertz CT molecular complexity index is 1100. The maximum atomic E-state index is 14.8. The highest BCUT2D eigenvalue weighted by Crippen LogP contribution is 2.42. The van der Waals surface area contributed by atoms with Crippen molar-refractivity contribution in [1.82, 2.24) is 9.78 Å². The predicted octanol–water partition coefficient (Wildman–Crippen LogP) is 5.16. The molecule has 3 aromatic rings. The minimum absolute atomic E-state index is 0.00879. The Labute approximate surface area is 164 Å². The van der Waals surface area contributed by atoms with E-state index in [-0.39, 0.29) is 11.3 Å². The SMILES string of the molecule is Cn1cc(-c2cc3c(cc2C(F)F)N(c2cccc([N+](=O)[O-])c2F)CCC3)cn1. The van der Waals surface area contributed by atoms with E-state index in [0.717, 1.165) is 11.6 Å². The van der Waals surface area contributed by atoms with Crippen LogP contribution in [0.2, 0.25) is 0 Å². The number of nitro benzene ring substituents is 1. The largest absolute Gasteiger partial charge is 0.339 e. The number of halogens is 3. The second-order valence-electron chi connectivity index (χ2n) is 6.89. The summed E-state index contributed by atoms with van der Waals surface area (Å²) in [6, 6.07) is 6.95. The van der Waals surface area contributed by atoms with Crippen LogP contribution in [0.3, 0.4) is 0 Å². The van der Waals surface area contributed by atoms with Crippen LogP contribution in [0.15, 0.2) is 42.7 Å². The van der Waals surface area contributed by atoms with E-state index in [4.69, 9.17) is 0 Å². The smallest absolute Gasteiger partial charge is 0.306 e. The van der Waals surface area contributed by atoms with Crippen LogP contribution < -0.4 is 4.90 Å². The molecule has 0 amide bonds. The monoisotopic (exact) mass is 402 g/mol. The van der Waals surface area contributed by atoms with Crippen LogP contribution in [0.4, 0.5) is 30.2 Å². The van der Waals surface area contributed by atoms with Gasteiger partial charge in [-0.05, 0) is 42.2 Å². The van der Waals surface area contributed by atoms with Crippen molar-refractivity contribution in [3.63, 3.8) is 0 Å². The Morgan fingerprint density at radius 2 is 2.03 bits per heavy atom. The van der Waals surface area contributed by atoms with Crippen molar-refractivity contribution >= 4 is 17.1 Å². The van der Waals surface area contributed by atoms with Gasteiger partial charge in [-0.1, -0.05) is 6.07 Å². The number of anilines is 2. The molecule has 0 aliphatic carbocycles. The molecule has 9 heteroatoms. The van der Waals surface area contributed by atoms with Gasteiger partial charge in [0.05, 0.1) is 16.8 Å². The molecule has 1 aliphatic heterocycles. The number of alkyl halides is 2. The first-order valence-corrected chi connectivity index (χ1v) is 9.01. The quantitative estimate of drug-likeness (QED) is 0.447. The maximum Gasteiger partial charge on any atom is 0.306 e. The molecule has 2 heterocycles. The highest BCUT2D eigenvalue weighted by atomic mass is 19.3. The Hall–Kier alpha value is -3.36. The Balaban J connectivity index is 1.88. The van der Waals surface area contributed by atoms with Crippen molar-refractivity contribution in [3.8, 4) is 11.1 Å². The molecule has 2 aromatic carbocycles. The second-order valence-corrected chi connectivity index (χ2v) is 6.89. The van der Waals surface area contributed by atoms with E-state index in [2.05, 4.69) is 5.10 Å². The van der Waals surface area contributed by atoms with Crippen LogP contribution in [0.25, 0.3) is 11.1 Å². The van der Waals surface area contributed by atoms with Crippen molar-refractivity contribution in [3.05, 3.63) is 69.8 Å². The fourth-order valence-electron chi connectivity index (χ4n) is 3.75. The lowest BCUT2D eigenvalue weighted by Gasteiger charge is -2.32. The Morgan fingerprint density at radius 1 is 1.24 bits per heavy atom. The average molecular weight is 402 g/mol. The highest BCUT2D eigenvalue weighted by Gasteiger charge is 2.28. The molecule has 0 spiro atoms. The maximum absolute atomic E-state index is 14.8. The van der Waals surface area contributed by atoms with Gasteiger partial charge in [0, 0.05) is 42.7 Å². The lowest BCUT2D eigenvalue weighted by molar-refractivity contribution is -0.387. The summed E-state index contributed by atoms with van der Waals surface area (Å²) in [5, 5.41) is 15.1. The molecule has 0 fully saturated rings. The number of fused-ring (bicyclic) bond motifs is 1. The molecule has 0 bridgehead atoms. The van der Waals surface area contributed by atoms with Gasteiger partial charge in [-0.3, -0.25) is 14.8 Å². The molecule has 4 rings (SSSR count). The molecule has 150 valence electrons. The number of nitro groups is 1. The van der Waals surface area contributed by atoms with E-state index in [1.807, 2.05) is 0 Å². The zero-order valence-corrected chi connectivity index (χ0v) is 15.5. The summed E-state index contributed by atoms with van der Waals surface area (Å²) in [6.45, 7) is 0.375. The van der Waals surface area contributed by atoms with Crippen LogP contribution in [0, 0.1) is 15.9 Å². The van der Waals surface area contributed by atoms with Gasteiger partial charge in [0.15, 0.2) is 0 Å². The number of nitrogens with zero attached hydrogens (tertiary/aromatic N) is 4. The van der Waals surface area contributed by atoms with E-state index < -0.39 is 22.9 Å². The average Bonchev–Trinajstić information content (AvgIpc) is 3.12. The number of benzene rings is 2. The molecular weight excluding hydrogens is 385 g/mol. The minimum Gasteiger partial charge on any atom is -0.339 e. The van der Waals surface area contributed by atoms with Crippen molar-refractivity contribution in [2.45, 2.75) is 19.3 Å². The van der Waals surface area contributed by atoms with E-state index >= 15 is 0 Å². The molecule has 0 N–H and O–H groups in total. The van der Waals surface area contributed by atoms with Crippen molar-refractivity contribution < 1.29 is 18.1 Å². The summed E-state index contributed by atoms with van der Waals surface area (Å²) in [6.07, 6.45) is 1.74. The van der Waals surface area contributed by atoms with E-state index in [1.54, 1.807) is 24.2 Å². The zero-order valence-electron chi connectivity index (χ0n) is 15.5. The lowest BCUT2D eigenvalue weighted by atomic mass is 9.92. The van der Waals surface area contributed by atoms with Crippen LogP contribution in [0.5, 0.6) is 0 Å². The van der Waals surface area contributed by atoms with E-state index in [9.17, 15) is 23.3 Å². The Morgan fingerprint density at radius 3 is 2.69 bits per heavy atom. The van der Waals surface area contributed by atoms with Crippen molar-refractivity contribution in [2.24, 2.45) is 7.05 Å². The summed E-state index contributed by atoms with van der Waals surface area (Å²) in [5.41, 5.74) is 1.36. The lowest BCUT2D eigenvalue weighted by Crippen LogP contribution is -2.26. The predicted molar refractivity (Wildman–Crippen MR) is 102 cm³/mol. The third-order valence-electron chi connectivity index (χ3n) is 5.07. The summed E-state index contributed by atoms with van der Waals surface area (Å²) >= 11 is 0. The molecule has 0 saturated carbocycles. The van der Waals surface area contributed by atoms with Crippen molar-refractivity contribution in [2.75, 3.05) is 11.4 Å². The topological polar surface area (TPSA) is 64.2 Å². The zero-order chi connectivity index (χ0) is 20.7. The molecule has 1 aromatic heterocycles. The van der Waals surface area contributed by atoms with Gasteiger partial charge in [0.25, 0.3) is 6.43 Å². The summed E-state index contributed by atoms with van der Waals surface area (Å²) in [5.74, 6) is -0.972. The van der Waals surface area contributed by atoms with Crippen LogP contribution in [-0.2, 0) is 13.5 Å². The van der Waals surface area contributed by atoms with Gasteiger partial charge in [0.2, 0.25) is 5.82 Å². The third-order valence-corrected chi connectivity index (χ3v) is 5.07. The fraction of sp³-hybridized carbons (Fsp3) is 0.250. The van der Waals surface area contributed by atoms with Crippen LogP contribution in [-0.4, -0.2) is 21.2 Å². The second kappa shape index (κ2) is 7.23.